The largest absolute Gasteiger partial charge is 0.352 e. The number of amides is 2. The molecule has 0 radical (unpaired) electrons. The molecule has 7 heteroatoms. The van der Waals surface area contributed by atoms with Gasteiger partial charge in [-0.15, -0.1) is 0 Å². The lowest BCUT2D eigenvalue weighted by Gasteiger charge is -2.32. The van der Waals surface area contributed by atoms with E-state index in [9.17, 15) is 14.0 Å². The van der Waals surface area contributed by atoms with Crippen LogP contribution in [-0.4, -0.2) is 39.8 Å². The van der Waals surface area contributed by atoms with Crippen LogP contribution in [0, 0.1) is 19.7 Å². The number of carbonyl (C=O) groups excluding carboxylic acids is 2. The number of hydrogen-bond donors (Lipinski definition) is 1. The molecule has 2 aromatic rings. The molecule has 1 atom stereocenters. The highest BCUT2D eigenvalue weighted by molar-refractivity contribution is 5.79. The summed E-state index contributed by atoms with van der Waals surface area (Å²) < 4.78 is 13.0. The highest BCUT2D eigenvalue weighted by atomic mass is 19.1. The molecule has 0 aliphatic carbocycles. The second-order valence-electron chi connectivity index (χ2n) is 8.24. The van der Waals surface area contributed by atoms with Crippen molar-refractivity contribution in [1.82, 2.24) is 20.2 Å². The van der Waals surface area contributed by atoms with Gasteiger partial charge in [0.05, 0.1) is 6.42 Å². The van der Waals surface area contributed by atoms with E-state index in [0.29, 0.717) is 19.5 Å². The molecular formula is C24H31FN4O2. The Labute approximate surface area is 183 Å². The summed E-state index contributed by atoms with van der Waals surface area (Å²) in [6.07, 6.45) is 3.55. The number of nitrogens with zero attached hydrogens (tertiary/aromatic N) is 3. The first-order valence-electron chi connectivity index (χ1n) is 11.0. The minimum Gasteiger partial charge on any atom is -0.352 e. The maximum Gasteiger partial charge on any atom is 0.224 e. The van der Waals surface area contributed by atoms with Crippen LogP contribution in [0.4, 0.5) is 4.39 Å². The lowest BCUT2D eigenvalue weighted by atomic mass is 9.96. The summed E-state index contributed by atoms with van der Waals surface area (Å²) in [5, 5.41) is 2.87. The molecule has 1 N–H and O–H groups in total. The highest BCUT2D eigenvalue weighted by Crippen LogP contribution is 2.26. The zero-order chi connectivity index (χ0) is 22.4. The zero-order valence-electron chi connectivity index (χ0n) is 18.6. The van der Waals surface area contributed by atoms with Crippen LogP contribution < -0.4 is 5.32 Å². The lowest BCUT2D eigenvalue weighted by molar-refractivity contribution is -0.132. The average molecular weight is 427 g/mol. The van der Waals surface area contributed by atoms with E-state index in [0.717, 1.165) is 54.1 Å². The molecule has 1 fully saturated rings. The summed E-state index contributed by atoms with van der Waals surface area (Å²) in [5.41, 5.74) is 3.28. The number of halogens is 1. The fraction of sp³-hybridized carbons (Fsp3) is 0.500. The van der Waals surface area contributed by atoms with E-state index in [1.807, 2.05) is 25.7 Å². The Kier molecular flexibility index (Phi) is 7.71. The number of aromatic nitrogens is 2. The number of hydrogen-bond acceptors (Lipinski definition) is 4. The molecule has 166 valence electrons. The second-order valence-corrected chi connectivity index (χ2v) is 8.24. The molecule has 31 heavy (non-hydrogen) atoms. The molecule has 2 heterocycles. The normalized spacial score (nSPS) is 16.3. The number of rotatable bonds is 7. The van der Waals surface area contributed by atoms with E-state index >= 15 is 0 Å². The summed E-state index contributed by atoms with van der Waals surface area (Å²) in [4.78, 5) is 36.1. The summed E-state index contributed by atoms with van der Waals surface area (Å²) in [5.74, 6) is 0.679. The van der Waals surface area contributed by atoms with Crippen LogP contribution in [0.2, 0.25) is 0 Å². The van der Waals surface area contributed by atoms with Crippen molar-refractivity contribution >= 4 is 11.8 Å². The molecule has 0 saturated carbocycles. The Morgan fingerprint density at radius 3 is 2.48 bits per heavy atom. The van der Waals surface area contributed by atoms with Crippen LogP contribution in [0.25, 0.3) is 0 Å². The Hall–Kier alpha value is -2.83. The van der Waals surface area contributed by atoms with Crippen molar-refractivity contribution in [3.05, 3.63) is 58.4 Å². The Balaban J connectivity index is 1.63. The third kappa shape index (κ3) is 6.09. The maximum absolute atomic E-state index is 13.0. The van der Waals surface area contributed by atoms with Crippen LogP contribution in [0.5, 0.6) is 0 Å². The predicted molar refractivity (Wildman–Crippen MR) is 117 cm³/mol. The van der Waals surface area contributed by atoms with Crippen molar-refractivity contribution < 1.29 is 14.0 Å². The Morgan fingerprint density at radius 2 is 1.84 bits per heavy atom. The van der Waals surface area contributed by atoms with Crippen LogP contribution in [0.1, 0.15) is 66.9 Å². The molecular weight excluding hydrogens is 395 g/mol. The lowest BCUT2D eigenvalue weighted by Crippen LogP contribution is -2.39. The number of nitrogens with one attached hydrogen (secondary N) is 1. The van der Waals surface area contributed by atoms with Gasteiger partial charge in [0.1, 0.15) is 11.6 Å². The van der Waals surface area contributed by atoms with Gasteiger partial charge >= 0.3 is 0 Å². The molecule has 0 spiro atoms. The van der Waals surface area contributed by atoms with Gasteiger partial charge in [-0.25, -0.2) is 14.4 Å². The standard InChI is InChI=1S/C24H31FN4O2/c1-4-6-23(31)29-12-5-7-19(15-29)24-27-16(2)21(17(3)28-24)13-22(30)26-14-18-8-10-20(25)11-9-18/h8-11,19H,4-7,12-15H2,1-3H3,(H,26,30)/t19-/m1/s1. The summed E-state index contributed by atoms with van der Waals surface area (Å²) in [6.45, 7) is 7.64. The minimum atomic E-state index is -0.297. The molecule has 0 bridgehead atoms. The van der Waals surface area contributed by atoms with E-state index in [1.165, 1.54) is 12.1 Å². The third-order valence-electron chi connectivity index (χ3n) is 5.78. The number of benzene rings is 1. The van der Waals surface area contributed by atoms with Crippen LogP contribution in [0.15, 0.2) is 24.3 Å². The molecule has 2 amide bonds. The molecule has 1 aliphatic rings. The number of aryl methyl sites for hydroxylation is 2. The minimum absolute atomic E-state index is 0.124. The molecule has 0 unspecified atom stereocenters. The molecule has 1 aliphatic heterocycles. The zero-order valence-corrected chi connectivity index (χ0v) is 18.6. The fourth-order valence-electron chi connectivity index (χ4n) is 4.02. The van der Waals surface area contributed by atoms with Gasteiger partial charge in [-0.05, 0) is 50.8 Å². The second kappa shape index (κ2) is 10.5. The van der Waals surface area contributed by atoms with Crippen LogP contribution in [0.3, 0.4) is 0 Å². The monoisotopic (exact) mass is 426 g/mol. The van der Waals surface area contributed by atoms with Crippen molar-refractivity contribution in [2.45, 2.75) is 65.3 Å². The van der Waals surface area contributed by atoms with Gasteiger partial charge in [0.2, 0.25) is 11.8 Å². The van der Waals surface area contributed by atoms with Gasteiger partial charge in [-0.2, -0.15) is 0 Å². The van der Waals surface area contributed by atoms with Crippen molar-refractivity contribution in [1.29, 1.82) is 0 Å². The first-order chi connectivity index (χ1) is 14.9. The first-order valence-corrected chi connectivity index (χ1v) is 11.0. The van der Waals surface area contributed by atoms with Gasteiger partial charge in [-0.1, -0.05) is 19.1 Å². The fourth-order valence-corrected chi connectivity index (χ4v) is 4.02. The van der Waals surface area contributed by atoms with Crippen molar-refractivity contribution in [2.24, 2.45) is 0 Å². The Bertz CT molecular complexity index is 907. The summed E-state index contributed by atoms with van der Waals surface area (Å²) in [7, 11) is 0. The van der Waals surface area contributed by atoms with Gasteiger partial charge in [0.25, 0.3) is 0 Å². The number of piperidine rings is 1. The topological polar surface area (TPSA) is 75.2 Å². The highest BCUT2D eigenvalue weighted by Gasteiger charge is 2.27. The molecule has 1 aromatic heterocycles. The van der Waals surface area contributed by atoms with E-state index in [1.54, 1.807) is 12.1 Å². The smallest absolute Gasteiger partial charge is 0.224 e. The number of likely N-dealkylation sites (tertiary alicyclic amines) is 1. The van der Waals surface area contributed by atoms with Gasteiger partial charge in [0.15, 0.2) is 0 Å². The molecule has 1 saturated heterocycles. The molecule has 3 rings (SSSR count). The van der Waals surface area contributed by atoms with Crippen molar-refractivity contribution in [2.75, 3.05) is 13.1 Å². The third-order valence-corrected chi connectivity index (χ3v) is 5.78. The SMILES string of the molecule is CCCC(=O)N1CCC[C@@H](c2nc(C)c(CC(=O)NCc3ccc(F)cc3)c(C)n2)C1. The van der Waals surface area contributed by atoms with Gasteiger partial charge < -0.3 is 10.2 Å². The molecule has 1 aromatic carbocycles. The summed E-state index contributed by atoms with van der Waals surface area (Å²) >= 11 is 0. The van der Waals surface area contributed by atoms with E-state index < -0.39 is 0 Å². The van der Waals surface area contributed by atoms with E-state index in [-0.39, 0.29) is 30.0 Å². The summed E-state index contributed by atoms with van der Waals surface area (Å²) in [6, 6.07) is 6.07. The van der Waals surface area contributed by atoms with Crippen LogP contribution in [-0.2, 0) is 22.6 Å². The molecule has 6 nitrogen and oxygen atoms in total. The van der Waals surface area contributed by atoms with E-state index in [2.05, 4.69) is 5.32 Å². The van der Waals surface area contributed by atoms with Crippen molar-refractivity contribution in [3.63, 3.8) is 0 Å². The predicted octanol–water partition coefficient (Wildman–Crippen LogP) is 3.60. The van der Waals surface area contributed by atoms with Gasteiger partial charge in [-0.3, -0.25) is 9.59 Å². The van der Waals surface area contributed by atoms with Gasteiger partial charge in [0, 0.05) is 48.9 Å². The van der Waals surface area contributed by atoms with Crippen LogP contribution >= 0.6 is 0 Å². The average Bonchev–Trinajstić information content (AvgIpc) is 2.76. The quantitative estimate of drug-likeness (QED) is 0.734. The first kappa shape index (κ1) is 22.8. The van der Waals surface area contributed by atoms with Crippen molar-refractivity contribution in [3.8, 4) is 0 Å². The number of carbonyl (C=O) groups is 2. The maximum atomic E-state index is 13.0. The Morgan fingerprint density at radius 1 is 1.16 bits per heavy atom. The van der Waals surface area contributed by atoms with E-state index in [4.69, 9.17) is 9.97 Å².